The molecule has 0 spiro atoms. The van der Waals surface area contributed by atoms with Gasteiger partial charge in [0.15, 0.2) is 0 Å². The van der Waals surface area contributed by atoms with E-state index in [0.29, 0.717) is 16.8 Å². The Bertz CT molecular complexity index is 1270. The molecular formula is C26H19F2N3O. The topological polar surface area (TPSA) is 39.4 Å². The number of benzene rings is 3. The van der Waals surface area contributed by atoms with Crippen LogP contribution in [-0.4, -0.2) is 15.3 Å². The minimum Gasteiger partial charge on any atom is -0.391 e. The van der Waals surface area contributed by atoms with E-state index in [1.54, 1.807) is 53.6 Å². The average molecular weight is 427 g/mol. The number of hydrogen-bond acceptors (Lipinski definition) is 3. The van der Waals surface area contributed by atoms with E-state index in [1.165, 1.54) is 12.1 Å². The van der Waals surface area contributed by atoms with Crippen molar-refractivity contribution in [3.05, 3.63) is 125 Å². The molecule has 0 radical (unpaired) electrons. The van der Waals surface area contributed by atoms with Crippen molar-refractivity contribution in [2.24, 2.45) is 5.16 Å². The molecule has 0 bridgehead atoms. The quantitative estimate of drug-likeness (QED) is 0.242. The molecule has 0 aliphatic rings. The Labute approximate surface area is 184 Å². The van der Waals surface area contributed by atoms with E-state index < -0.39 is 5.82 Å². The van der Waals surface area contributed by atoms with Crippen LogP contribution in [0.15, 0.2) is 96.7 Å². The van der Waals surface area contributed by atoms with Crippen LogP contribution < -0.4 is 0 Å². The molecule has 0 saturated heterocycles. The van der Waals surface area contributed by atoms with Gasteiger partial charge < -0.3 is 9.40 Å². The second kappa shape index (κ2) is 10.2. The molecular weight excluding hydrogens is 408 g/mol. The lowest BCUT2D eigenvalue weighted by molar-refractivity contribution is 0.127. The Kier molecular flexibility index (Phi) is 6.69. The van der Waals surface area contributed by atoms with Crippen molar-refractivity contribution < 1.29 is 13.6 Å². The predicted molar refractivity (Wildman–Crippen MR) is 119 cm³/mol. The lowest BCUT2D eigenvalue weighted by Gasteiger charge is -2.10. The zero-order valence-electron chi connectivity index (χ0n) is 17.1. The van der Waals surface area contributed by atoms with Gasteiger partial charge in [-0.3, -0.25) is 0 Å². The molecule has 32 heavy (non-hydrogen) atoms. The molecule has 158 valence electrons. The molecule has 0 aliphatic heterocycles. The van der Waals surface area contributed by atoms with Gasteiger partial charge in [0.2, 0.25) is 0 Å². The third-order valence-electron chi connectivity index (χ3n) is 4.65. The number of oxime groups is 1. The molecule has 6 heteroatoms. The van der Waals surface area contributed by atoms with E-state index in [0.717, 1.165) is 5.56 Å². The van der Waals surface area contributed by atoms with Crippen LogP contribution in [0.4, 0.5) is 8.78 Å². The molecule has 0 N–H and O–H groups in total. The Morgan fingerprint density at radius 1 is 0.906 bits per heavy atom. The lowest BCUT2D eigenvalue weighted by Crippen LogP contribution is -2.13. The largest absolute Gasteiger partial charge is 0.391 e. The summed E-state index contributed by atoms with van der Waals surface area (Å²) in [6.45, 7) is 0.172. The molecule has 0 atom stereocenters. The summed E-state index contributed by atoms with van der Waals surface area (Å²) in [4.78, 5) is 9.38. The summed E-state index contributed by atoms with van der Waals surface area (Å²) in [6.07, 6.45) is 4.96. The monoisotopic (exact) mass is 427 g/mol. The van der Waals surface area contributed by atoms with Gasteiger partial charge in [0, 0.05) is 34.6 Å². The van der Waals surface area contributed by atoms with Crippen LogP contribution >= 0.6 is 0 Å². The molecule has 0 aliphatic carbocycles. The first-order valence-electron chi connectivity index (χ1n) is 9.94. The van der Waals surface area contributed by atoms with E-state index in [2.05, 4.69) is 22.0 Å². The maximum absolute atomic E-state index is 15.0. The SMILES string of the molecule is Fc1ccccc1CO/N=C(\Cn1ccnc1)c1ccc(C#Cc2ccccc2)cc1F. The minimum atomic E-state index is -0.474. The summed E-state index contributed by atoms with van der Waals surface area (Å²) >= 11 is 0. The van der Waals surface area contributed by atoms with Crippen molar-refractivity contribution in [3.8, 4) is 11.8 Å². The Morgan fingerprint density at radius 2 is 1.69 bits per heavy atom. The number of imidazole rings is 1. The van der Waals surface area contributed by atoms with Crippen molar-refractivity contribution in [3.63, 3.8) is 0 Å². The summed E-state index contributed by atoms with van der Waals surface area (Å²) in [5, 5.41) is 4.11. The smallest absolute Gasteiger partial charge is 0.145 e. The number of rotatable bonds is 6. The lowest BCUT2D eigenvalue weighted by atomic mass is 10.1. The number of nitrogens with zero attached hydrogens (tertiary/aromatic N) is 3. The fourth-order valence-electron chi connectivity index (χ4n) is 3.00. The molecule has 3 aromatic carbocycles. The van der Waals surface area contributed by atoms with E-state index in [1.807, 2.05) is 30.3 Å². The predicted octanol–water partition coefficient (Wildman–Crippen LogP) is 5.18. The number of aromatic nitrogens is 2. The van der Waals surface area contributed by atoms with Crippen LogP contribution in [0.25, 0.3) is 0 Å². The van der Waals surface area contributed by atoms with Crippen molar-refractivity contribution in [2.45, 2.75) is 13.2 Å². The first kappa shape index (κ1) is 21.0. The van der Waals surface area contributed by atoms with Crippen LogP contribution in [0, 0.1) is 23.5 Å². The first-order valence-corrected chi connectivity index (χ1v) is 9.94. The van der Waals surface area contributed by atoms with Crippen LogP contribution in [0.5, 0.6) is 0 Å². The molecule has 1 aromatic heterocycles. The highest BCUT2D eigenvalue weighted by Crippen LogP contribution is 2.14. The van der Waals surface area contributed by atoms with Crippen molar-refractivity contribution in [1.29, 1.82) is 0 Å². The third kappa shape index (κ3) is 5.46. The van der Waals surface area contributed by atoms with Gasteiger partial charge in [-0.15, -0.1) is 0 Å². The average Bonchev–Trinajstić information content (AvgIpc) is 3.32. The summed E-state index contributed by atoms with van der Waals surface area (Å²) < 4.78 is 30.6. The maximum atomic E-state index is 15.0. The molecule has 1 heterocycles. The highest BCUT2D eigenvalue weighted by atomic mass is 19.1. The highest BCUT2D eigenvalue weighted by molar-refractivity contribution is 6.00. The number of hydrogen-bond donors (Lipinski definition) is 0. The molecule has 0 fully saturated rings. The molecule has 0 saturated carbocycles. The summed E-state index contributed by atoms with van der Waals surface area (Å²) in [6, 6.07) is 20.5. The second-order valence-electron chi connectivity index (χ2n) is 6.95. The van der Waals surface area contributed by atoms with Crippen LogP contribution in [0.1, 0.15) is 22.3 Å². The van der Waals surface area contributed by atoms with Gasteiger partial charge >= 0.3 is 0 Å². The zero-order valence-corrected chi connectivity index (χ0v) is 17.1. The van der Waals surface area contributed by atoms with Gasteiger partial charge in [-0.25, -0.2) is 13.8 Å². The zero-order chi connectivity index (χ0) is 22.2. The van der Waals surface area contributed by atoms with Crippen LogP contribution in [-0.2, 0) is 18.0 Å². The summed E-state index contributed by atoms with van der Waals surface area (Å²) in [5.41, 5.74) is 2.38. The molecule has 0 unspecified atom stereocenters. The normalized spacial score (nSPS) is 11.0. The summed E-state index contributed by atoms with van der Waals surface area (Å²) in [7, 11) is 0. The number of halogens is 2. The van der Waals surface area contributed by atoms with E-state index in [4.69, 9.17) is 4.84 Å². The van der Waals surface area contributed by atoms with Crippen LogP contribution in [0.2, 0.25) is 0 Å². The molecule has 4 rings (SSSR count). The fourth-order valence-corrected chi connectivity index (χ4v) is 3.00. The van der Waals surface area contributed by atoms with Crippen LogP contribution in [0.3, 0.4) is 0 Å². The third-order valence-corrected chi connectivity index (χ3v) is 4.65. The van der Waals surface area contributed by atoms with E-state index in [-0.39, 0.29) is 24.5 Å². The van der Waals surface area contributed by atoms with Gasteiger partial charge in [-0.1, -0.05) is 53.4 Å². The molecule has 0 amide bonds. The second-order valence-corrected chi connectivity index (χ2v) is 6.95. The molecule has 4 nitrogen and oxygen atoms in total. The van der Waals surface area contributed by atoms with Gasteiger partial charge in [-0.05, 0) is 36.4 Å². The first-order chi connectivity index (χ1) is 15.7. The van der Waals surface area contributed by atoms with Gasteiger partial charge in [0.05, 0.1) is 12.9 Å². The maximum Gasteiger partial charge on any atom is 0.145 e. The molecule has 4 aromatic rings. The van der Waals surface area contributed by atoms with E-state index in [9.17, 15) is 8.78 Å². The highest BCUT2D eigenvalue weighted by Gasteiger charge is 2.13. The van der Waals surface area contributed by atoms with E-state index >= 15 is 0 Å². The Balaban J connectivity index is 1.57. The van der Waals surface area contributed by atoms with Crippen molar-refractivity contribution in [1.82, 2.24) is 9.55 Å². The van der Waals surface area contributed by atoms with Gasteiger partial charge in [0.25, 0.3) is 0 Å². The Hall–Kier alpha value is -4.24. The summed E-state index contributed by atoms with van der Waals surface area (Å²) in [5.74, 6) is 5.12. The standard InChI is InChI=1S/C26H19F2N3O/c27-24-9-5-4-8-22(24)18-32-30-26(17-31-15-14-29-19-31)23-13-12-21(16-25(23)28)11-10-20-6-2-1-3-7-20/h1-9,12-16,19H,17-18H2/b30-26+. The van der Waals surface area contributed by atoms with Gasteiger partial charge in [0.1, 0.15) is 24.0 Å². The van der Waals surface area contributed by atoms with Gasteiger partial charge in [-0.2, -0.15) is 0 Å². The fraction of sp³-hybridized carbons (Fsp3) is 0.0769. The minimum absolute atomic E-state index is 0.0671. The Morgan fingerprint density at radius 3 is 2.44 bits per heavy atom. The van der Waals surface area contributed by atoms with Crippen molar-refractivity contribution in [2.75, 3.05) is 0 Å². The van der Waals surface area contributed by atoms with Crippen molar-refractivity contribution >= 4 is 5.71 Å².